The van der Waals surface area contributed by atoms with Crippen molar-refractivity contribution in [2.75, 3.05) is 0 Å². The fourth-order valence-electron chi connectivity index (χ4n) is 2.97. The average molecular weight is 368 g/mol. The number of carbonyl (C=O) groups excluding carboxylic acids is 1. The molecule has 0 saturated heterocycles. The number of alkyl halides is 3. The molecule has 1 heterocycles. The quantitative estimate of drug-likeness (QED) is 0.864. The first-order chi connectivity index (χ1) is 12.2. The van der Waals surface area contributed by atoms with Gasteiger partial charge in [0.05, 0.1) is 17.4 Å². The summed E-state index contributed by atoms with van der Waals surface area (Å²) in [6.45, 7) is 0. The Labute approximate surface area is 145 Å². The van der Waals surface area contributed by atoms with Crippen molar-refractivity contribution in [2.24, 2.45) is 0 Å². The highest BCUT2D eigenvalue weighted by Crippen LogP contribution is 2.31. The van der Waals surface area contributed by atoms with Gasteiger partial charge in [0, 0.05) is 0 Å². The van der Waals surface area contributed by atoms with E-state index in [0.29, 0.717) is 25.7 Å². The Bertz CT molecular complexity index is 841. The predicted molar refractivity (Wildman–Crippen MR) is 82.7 cm³/mol. The molecule has 1 aliphatic rings. The summed E-state index contributed by atoms with van der Waals surface area (Å²) < 4.78 is 39.4. The van der Waals surface area contributed by atoms with Gasteiger partial charge in [0.2, 0.25) is 0 Å². The number of carbonyl (C=O) groups is 2. The molecule has 7 nitrogen and oxygen atoms in total. The lowest BCUT2D eigenvalue weighted by Crippen LogP contribution is -2.52. The zero-order valence-corrected chi connectivity index (χ0v) is 13.5. The molecular formula is C16H15F3N4O3. The third-order valence-electron chi connectivity index (χ3n) is 4.38. The fourth-order valence-corrected chi connectivity index (χ4v) is 2.97. The number of hydrogen-bond acceptors (Lipinski definition) is 4. The fraction of sp³-hybridized carbons (Fsp3) is 0.375. The van der Waals surface area contributed by atoms with Crippen LogP contribution in [-0.2, 0) is 11.0 Å². The maximum Gasteiger partial charge on any atom is 0.416 e. The Morgan fingerprint density at radius 2 is 1.92 bits per heavy atom. The number of halogens is 3. The number of hydrogen-bond donors (Lipinski definition) is 2. The van der Waals surface area contributed by atoms with Crippen LogP contribution in [0.2, 0.25) is 0 Å². The second kappa shape index (κ2) is 6.43. The van der Waals surface area contributed by atoms with Crippen LogP contribution in [0.3, 0.4) is 0 Å². The molecule has 1 aromatic heterocycles. The van der Waals surface area contributed by atoms with Crippen molar-refractivity contribution in [3.05, 3.63) is 41.7 Å². The number of rotatable bonds is 4. The lowest BCUT2D eigenvalue weighted by molar-refractivity contribution is -0.144. The number of aromatic nitrogens is 3. The first-order valence-electron chi connectivity index (χ1n) is 7.87. The van der Waals surface area contributed by atoms with Gasteiger partial charge in [-0.1, -0.05) is 24.1 Å². The first-order valence-corrected chi connectivity index (χ1v) is 7.87. The Hall–Kier alpha value is -2.91. The van der Waals surface area contributed by atoms with Crippen LogP contribution in [0.25, 0.3) is 5.69 Å². The molecule has 0 atom stereocenters. The van der Waals surface area contributed by atoms with E-state index in [1.807, 2.05) is 0 Å². The Morgan fingerprint density at radius 1 is 1.23 bits per heavy atom. The molecular weight excluding hydrogens is 353 g/mol. The van der Waals surface area contributed by atoms with Gasteiger partial charge in [-0.3, -0.25) is 4.79 Å². The lowest BCUT2D eigenvalue weighted by atomic mass is 9.98. The van der Waals surface area contributed by atoms with Crippen LogP contribution in [0.4, 0.5) is 13.2 Å². The van der Waals surface area contributed by atoms with Gasteiger partial charge >= 0.3 is 12.1 Å². The summed E-state index contributed by atoms with van der Waals surface area (Å²) in [5.74, 6) is -1.85. The summed E-state index contributed by atoms with van der Waals surface area (Å²) in [4.78, 5) is 23.8. The second-order valence-corrected chi connectivity index (χ2v) is 6.14. The number of aliphatic carboxylic acids is 1. The third-order valence-corrected chi connectivity index (χ3v) is 4.38. The summed E-state index contributed by atoms with van der Waals surface area (Å²) in [6.07, 6.45) is -1.35. The van der Waals surface area contributed by atoms with Gasteiger partial charge in [-0.15, -0.1) is 5.10 Å². The van der Waals surface area contributed by atoms with Gasteiger partial charge < -0.3 is 10.4 Å². The third kappa shape index (κ3) is 3.39. The van der Waals surface area contributed by atoms with Gasteiger partial charge in [0.1, 0.15) is 5.54 Å². The SMILES string of the molecule is O=C(NC1(C(=O)O)CCCC1)c1cn(-c2cccc(C(F)(F)F)c2)nn1. The number of nitrogens with one attached hydrogen (secondary N) is 1. The van der Waals surface area contributed by atoms with Crippen molar-refractivity contribution in [3.63, 3.8) is 0 Å². The van der Waals surface area contributed by atoms with Crippen molar-refractivity contribution < 1.29 is 27.9 Å². The predicted octanol–water partition coefficient (Wildman–Crippen LogP) is 2.41. The summed E-state index contributed by atoms with van der Waals surface area (Å²) >= 11 is 0. The zero-order chi connectivity index (χ0) is 18.9. The van der Waals surface area contributed by atoms with Crippen molar-refractivity contribution in [3.8, 4) is 5.69 Å². The molecule has 1 saturated carbocycles. The summed E-state index contributed by atoms with van der Waals surface area (Å²) in [6, 6.07) is 4.41. The molecule has 26 heavy (non-hydrogen) atoms. The molecule has 3 rings (SSSR count). The van der Waals surface area contributed by atoms with Crippen molar-refractivity contribution in [2.45, 2.75) is 37.4 Å². The summed E-state index contributed by atoms with van der Waals surface area (Å²) in [5, 5.41) is 19.2. The summed E-state index contributed by atoms with van der Waals surface area (Å²) in [7, 11) is 0. The molecule has 1 amide bonds. The van der Waals surface area contributed by atoms with Gasteiger partial charge in [-0.25, -0.2) is 9.48 Å². The van der Waals surface area contributed by atoms with Crippen LogP contribution in [0.15, 0.2) is 30.5 Å². The minimum Gasteiger partial charge on any atom is -0.480 e. The first kappa shape index (κ1) is 17.9. The molecule has 0 aliphatic heterocycles. The molecule has 0 radical (unpaired) electrons. The highest BCUT2D eigenvalue weighted by Gasteiger charge is 2.43. The van der Waals surface area contributed by atoms with Crippen molar-refractivity contribution >= 4 is 11.9 Å². The molecule has 2 aromatic rings. The highest BCUT2D eigenvalue weighted by molar-refractivity contribution is 5.96. The van der Waals surface area contributed by atoms with Crippen LogP contribution in [0.1, 0.15) is 41.7 Å². The van der Waals surface area contributed by atoms with Gasteiger partial charge in [-0.2, -0.15) is 13.2 Å². The monoisotopic (exact) mass is 368 g/mol. The van der Waals surface area contributed by atoms with Crippen molar-refractivity contribution in [1.82, 2.24) is 20.3 Å². The molecule has 1 aromatic carbocycles. The minimum atomic E-state index is -4.51. The van der Waals surface area contributed by atoms with Crippen LogP contribution in [0.5, 0.6) is 0 Å². The maximum atomic E-state index is 12.8. The van der Waals surface area contributed by atoms with Crippen LogP contribution < -0.4 is 5.32 Å². The van der Waals surface area contributed by atoms with Crippen LogP contribution >= 0.6 is 0 Å². The van der Waals surface area contributed by atoms with Gasteiger partial charge in [-0.05, 0) is 31.0 Å². The van der Waals surface area contributed by atoms with Gasteiger partial charge in [0.25, 0.3) is 5.91 Å². The minimum absolute atomic E-state index is 0.0835. The van der Waals surface area contributed by atoms with E-state index in [1.165, 1.54) is 12.1 Å². The topological polar surface area (TPSA) is 97.1 Å². The smallest absolute Gasteiger partial charge is 0.416 e. The number of amides is 1. The van der Waals surface area contributed by atoms with E-state index in [9.17, 15) is 27.9 Å². The number of carboxylic acids is 1. The van der Waals surface area contributed by atoms with E-state index in [4.69, 9.17) is 0 Å². The Balaban J connectivity index is 1.82. The van der Waals surface area contributed by atoms with E-state index < -0.39 is 29.2 Å². The molecule has 1 fully saturated rings. The molecule has 10 heteroatoms. The maximum absolute atomic E-state index is 12.8. The summed E-state index contributed by atoms with van der Waals surface area (Å²) in [5.41, 5.74) is -2.28. The van der Waals surface area contributed by atoms with E-state index in [1.54, 1.807) is 0 Å². The number of carboxylic acid groups (broad SMARTS) is 1. The van der Waals surface area contributed by atoms with Crippen molar-refractivity contribution in [1.29, 1.82) is 0 Å². The van der Waals surface area contributed by atoms with E-state index in [2.05, 4.69) is 15.6 Å². The number of benzene rings is 1. The van der Waals surface area contributed by atoms with Crippen LogP contribution in [0, 0.1) is 0 Å². The molecule has 138 valence electrons. The second-order valence-electron chi connectivity index (χ2n) is 6.14. The molecule has 1 aliphatic carbocycles. The molecule has 0 unspecified atom stereocenters. The van der Waals surface area contributed by atoms with E-state index in [-0.39, 0.29) is 11.4 Å². The standard InChI is InChI=1S/C16H15F3N4O3/c17-16(18,19)10-4-3-5-11(8-10)23-9-12(21-22-23)13(24)20-15(14(25)26)6-1-2-7-15/h3-5,8-9H,1-2,6-7H2,(H,20,24)(H,25,26). The number of nitrogens with zero attached hydrogens (tertiary/aromatic N) is 3. The zero-order valence-electron chi connectivity index (χ0n) is 13.5. The van der Waals surface area contributed by atoms with Crippen LogP contribution in [-0.4, -0.2) is 37.5 Å². The normalized spacial score (nSPS) is 16.4. The molecule has 0 spiro atoms. The van der Waals surface area contributed by atoms with E-state index in [0.717, 1.165) is 23.0 Å². The van der Waals surface area contributed by atoms with E-state index >= 15 is 0 Å². The Morgan fingerprint density at radius 3 is 2.54 bits per heavy atom. The lowest BCUT2D eigenvalue weighted by Gasteiger charge is -2.24. The molecule has 0 bridgehead atoms. The molecule has 2 N–H and O–H groups in total. The highest BCUT2D eigenvalue weighted by atomic mass is 19.4. The Kier molecular flexibility index (Phi) is 4.43. The van der Waals surface area contributed by atoms with Gasteiger partial charge in [0.15, 0.2) is 5.69 Å². The largest absolute Gasteiger partial charge is 0.480 e. The average Bonchev–Trinajstić information content (AvgIpc) is 3.24.